The van der Waals surface area contributed by atoms with Gasteiger partial charge in [-0.1, -0.05) is 0 Å². The molecule has 5 heteroatoms. The zero-order valence-corrected chi connectivity index (χ0v) is 13.0. The molecule has 0 fully saturated rings. The maximum atomic E-state index is 5.72. The predicted octanol–water partition coefficient (Wildman–Crippen LogP) is 2.79. The first-order chi connectivity index (χ1) is 8.16. The van der Waals surface area contributed by atoms with Crippen molar-refractivity contribution in [1.82, 2.24) is 0 Å². The van der Waals surface area contributed by atoms with E-state index in [4.69, 9.17) is 17.5 Å². The Hall–Kier alpha value is 0.554. The van der Waals surface area contributed by atoms with Crippen molar-refractivity contribution >= 4 is 0 Å². The Bertz CT molecular complexity index is 170. The predicted molar refractivity (Wildman–Crippen MR) is 62.0 cm³/mol. The number of rotatable bonds is 11. The quantitative estimate of drug-likeness (QED) is 0.431. The van der Waals surface area contributed by atoms with Crippen LogP contribution in [-0.4, -0.2) is 31.9 Å². The van der Waals surface area contributed by atoms with Gasteiger partial charge in [-0.15, -0.1) is 0 Å². The molecule has 0 saturated heterocycles. The van der Waals surface area contributed by atoms with Gasteiger partial charge in [-0.3, -0.25) is 0 Å². The van der Waals surface area contributed by atoms with E-state index in [0.29, 0.717) is 19.8 Å². The summed E-state index contributed by atoms with van der Waals surface area (Å²) in [7, 11) is 0. The summed E-state index contributed by atoms with van der Waals surface area (Å²) in [5, 5.41) is 0. The third-order valence-corrected chi connectivity index (χ3v) is 2.67. The Morgan fingerprint density at radius 3 is 1.76 bits per heavy atom. The monoisotopic (exact) mass is 281 g/mol. The van der Waals surface area contributed by atoms with Gasteiger partial charge in [-0.25, -0.2) is 0 Å². The summed E-state index contributed by atoms with van der Waals surface area (Å²) in [6, 6.07) is 0. The molecule has 17 heavy (non-hydrogen) atoms. The molecule has 1 unspecified atom stereocenters. The third-order valence-electron chi connectivity index (χ3n) is 2.23. The molecule has 0 aromatic rings. The van der Waals surface area contributed by atoms with Gasteiger partial charge in [-0.05, 0) is 0 Å². The summed E-state index contributed by atoms with van der Waals surface area (Å²) >= 11 is 1.59. The number of ether oxygens (including phenoxy) is 3. The number of hydrogen-bond donors (Lipinski definition) is 0. The zero-order chi connectivity index (χ0) is 13.1. The average Bonchev–Trinajstić information content (AvgIpc) is 2.37. The summed E-state index contributed by atoms with van der Waals surface area (Å²) in [4.78, 5) is 0. The normalized spacial score (nSPS) is 13.8. The second-order valence-corrected chi connectivity index (χ2v) is 4.23. The molecule has 0 aliphatic heterocycles. The van der Waals surface area contributed by atoms with Crippen LogP contribution >= 0.6 is 0 Å². The van der Waals surface area contributed by atoms with Crippen LogP contribution in [0.25, 0.3) is 0 Å². The molecule has 0 saturated carbocycles. The number of hydrogen-bond acceptors (Lipinski definition) is 4. The van der Waals surface area contributed by atoms with Crippen LogP contribution in [0.2, 0.25) is 0 Å². The van der Waals surface area contributed by atoms with E-state index in [0.717, 1.165) is 19.3 Å². The first-order valence-corrected chi connectivity index (χ1v) is 7.04. The fourth-order valence-electron chi connectivity index (χ4n) is 1.30. The van der Waals surface area contributed by atoms with E-state index in [1.54, 1.807) is 20.8 Å². The first-order valence-electron chi connectivity index (χ1n) is 6.41. The standard InChI is InChI=1S/C12H25O4.Ti/c1-5-8-14-11(4)12(13,15-9-6-2)16-10-7-3;/h11H,5-10H2,1-4H3;/q-1;+1. The van der Waals surface area contributed by atoms with Crippen molar-refractivity contribution in [3.63, 3.8) is 0 Å². The minimum absolute atomic E-state index is 0.245. The van der Waals surface area contributed by atoms with Gasteiger partial charge in [0.25, 0.3) is 0 Å². The summed E-state index contributed by atoms with van der Waals surface area (Å²) < 4.78 is 22.5. The molecule has 0 N–H and O–H groups in total. The molecule has 0 radical (unpaired) electrons. The molecular formula is C12H25O4Ti. The zero-order valence-electron chi connectivity index (χ0n) is 11.5. The van der Waals surface area contributed by atoms with Gasteiger partial charge in [0, 0.05) is 0 Å². The SMILES string of the molecule is CCCOC(C)C([O][Ti])(OCCC)OCCC. The molecule has 4 nitrogen and oxygen atoms in total. The molecule has 0 aliphatic carbocycles. The Kier molecular flexibility index (Phi) is 10.8. The van der Waals surface area contributed by atoms with Crippen LogP contribution in [0.3, 0.4) is 0 Å². The van der Waals surface area contributed by atoms with Crippen LogP contribution in [0.5, 0.6) is 0 Å². The summed E-state index contributed by atoms with van der Waals surface area (Å²) in [5.74, 6) is -1.07. The molecule has 101 valence electrons. The van der Waals surface area contributed by atoms with E-state index in [9.17, 15) is 0 Å². The van der Waals surface area contributed by atoms with Crippen LogP contribution in [0, 0.1) is 0 Å². The Balaban J connectivity index is 4.50. The second kappa shape index (κ2) is 10.5. The van der Waals surface area contributed by atoms with Gasteiger partial charge in [0.05, 0.1) is 0 Å². The minimum atomic E-state index is -1.07. The maximum absolute atomic E-state index is 5.72. The van der Waals surface area contributed by atoms with Crippen LogP contribution < -0.4 is 0 Å². The molecule has 0 amide bonds. The van der Waals surface area contributed by atoms with Crippen molar-refractivity contribution < 1.29 is 38.4 Å². The van der Waals surface area contributed by atoms with Crippen molar-refractivity contribution in [1.29, 1.82) is 0 Å². The van der Waals surface area contributed by atoms with E-state index in [-0.39, 0.29) is 6.10 Å². The van der Waals surface area contributed by atoms with Gasteiger partial charge in [0.2, 0.25) is 0 Å². The van der Waals surface area contributed by atoms with E-state index in [1.165, 1.54) is 0 Å². The summed E-state index contributed by atoms with van der Waals surface area (Å²) in [5.41, 5.74) is 0. The van der Waals surface area contributed by atoms with E-state index >= 15 is 0 Å². The van der Waals surface area contributed by atoms with Crippen molar-refractivity contribution in [3.05, 3.63) is 0 Å². The van der Waals surface area contributed by atoms with Crippen LogP contribution in [0.15, 0.2) is 0 Å². The van der Waals surface area contributed by atoms with Crippen LogP contribution in [-0.2, 0) is 38.4 Å². The van der Waals surface area contributed by atoms with Crippen LogP contribution in [0.4, 0.5) is 0 Å². The molecule has 0 bridgehead atoms. The fraction of sp³-hybridized carbons (Fsp3) is 1.00. The van der Waals surface area contributed by atoms with Crippen molar-refractivity contribution in [3.8, 4) is 0 Å². The molecule has 1 atom stereocenters. The van der Waals surface area contributed by atoms with E-state index in [1.807, 2.05) is 6.92 Å². The van der Waals surface area contributed by atoms with Crippen molar-refractivity contribution in [2.24, 2.45) is 0 Å². The molecule has 0 heterocycles. The van der Waals surface area contributed by atoms with Gasteiger partial charge >= 0.3 is 117 Å². The Morgan fingerprint density at radius 1 is 0.941 bits per heavy atom. The van der Waals surface area contributed by atoms with Crippen molar-refractivity contribution in [2.45, 2.75) is 59.0 Å². The van der Waals surface area contributed by atoms with E-state index in [2.05, 4.69) is 20.8 Å². The molecule has 0 aromatic carbocycles. The van der Waals surface area contributed by atoms with Gasteiger partial charge in [0.1, 0.15) is 0 Å². The fourth-order valence-corrected chi connectivity index (χ4v) is 1.75. The molecular weight excluding hydrogens is 256 g/mol. The molecule has 0 aromatic heterocycles. The molecule has 0 aliphatic rings. The molecule has 0 spiro atoms. The first kappa shape index (κ1) is 17.6. The topological polar surface area (TPSA) is 36.9 Å². The van der Waals surface area contributed by atoms with Crippen LogP contribution in [0.1, 0.15) is 47.0 Å². The third kappa shape index (κ3) is 6.32. The van der Waals surface area contributed by atoms with Gasteiger partial charge in [-0.2, -0.15) is 0 Å². The summed E-state index contributed by atoms with van der Waals surface area (Å²) in [6.07, 6.45) is 2.55. The summed E-state index contributed by atoms with van der Waals surface area (Å²) in [6.45, 7) is 9.97. The van der Waals surface area contributed by atoms with Gasteiger partial charge < -0.3 is 0 Å². The van der Waals surface area contributed by atoms with Crippen molar-refractivity contribution in [2.75, 3.05) is 19.8 Å². The van der Waals surface area contributed by atoms with Gasteiger partial charge in [0.15, 0.2) is 0 Å². The second-order valence-electron chi connectivity index (χ2n) is 3.92. The average molecular weight is 281 g/mol. The Labute approximate surface area is 117 Å². The Morgan fingerprint density at radius 2 is 1.41 bits per heavy atom. The molecule has 0 rings (SSSR count). The van der Waals surface area contributed by atoms with E-state index < -0.39 is 5.97 Å².